The predicted molar refractivity (Wildman–Crippen MR) is 50.7 cm³/mol. The molecule has 0 saturated carbocycles. The number of hydrogen-bond donors (Lipinski definition) is 2. The van der Waals surface area contributed by atoms with Crippen LogP contribution in [-0.2, 0) is 9.53 Å². The normalized spacial score (nSPS) is 14.1. The number of carbonyl (C=O) groups is 1. The summed E-state index contributed by atoms with van der Waals surface area (Å²) in [5.74, 6) is -0.429. The van der Waals surface area contributed by atoms with Crippen LogP contribution in [0.2, 0.25) is 0 Å². The summed E-state index contributed by atoms with van der Waals surface area (Å²) < 4.78 is 28.7. The van der Waals surface area contributed by atoms with Crippen molar-refractivity contribution in [3.05, 3.63) is 0 Å². The third kappa shape index (κ3) is 6.35. The van der Waals surface area contributed by atoms with E-state index in [0.29, 0.717) is 0 Å². The molecule has 0 spiro atoms. The summed E-state index contributed by atoms with van der Waals surface area (Å²) in [6.45, 7) is 2.96. The molecule has 2 N–H and O–H groups in total. The number of nitrogens with one attached hydrogen (secondary N) is 1. The van der Waals surface area contributed by atoms with Crippen molar-refractivity contribution in [3.63, 3.8) is 0 Å². The van der Waals surface area contributed by atoms with Crippen molar-refractivity contribution in [3.8, 4) is 0 Å². The number of halogens is 2. The molecule has 0 aromatic carbocycles. The first-order chi connectivity index (χ1) is 6.78. The van der Waals surface area contributed by atoms with Crippen LogP contribution in [0, 0.1) is 0 Å². The number of carbonyl (C=O) groups excluding carboxylic acids is 1. The minimum atomic E-state index is -2.85. The van der Waals surface area contributed by atoms with Crippen molar-refractivity contribution in [2.45, 2.75) is 38.4 Å². The van der Waals surface area contributed by atoms with Crippen LogP contribution >= 0.6 is 0 Å². The van der Waals surface area contributed by atoms with E-state index in [1.54, 1.807) is 13.8 Å². The number of aliphatic hydroxyl groups is 1. The first-order valence-corrected chi connectivity index (χ1v) is 4.56. The van der Waals surface area contributed by atoms with E-state index in [1.807, 2.05) is 0 Å². The van der Waals surface area contributed by atoms with E-state index in [4.69, 9.17) is 9.84 Å². The zero-order valence-electron chi connectivity index (χ0n) is 9.09. The highest BCUT2D eigenvalue weighted by molar-refractivity contribution is 5.76. The molecule has 0 radical (unpaired) electrons. The Morgan fingerprint density at radius 2 is 2.07 bits per heavy atom. The van der Waals surface area contributed by atoms with Gasteiger partial charge in [0.05, 0.1) is 12.0 Å². The summed E-state index contributed by atoms with van der Waals surface area (Å²) in [7, 11) is 1.46. The van der Waals surface area contributed by atoms with Gasteiger partial charge in [-0.3, -0.25) is 4.79 Å². The molecule has 15 heavy (non-hydrogen) atoms. The molecule has 0 aliphatic rings. The molecule has 0 aromatic rings. The van der Waals surface area contributed by atoms with E-state index in [2.05, 4.69) is 5.32 Å². The van der Waals surface area contributed by atoms with Gasteiger partial charge in [-0.15, -0.1) is 0 Å². The minimum Gasteiger partial charge on any atom is -0.385 e. The van der Waals surface area contributed by atoms with Crippen molar-refractivity contribution in [2.24, 2.45) is 0 Å². The Kier molecular flexibility index (Phi) is 5.67. The Morgan fingerprint density at radius 3 is 2.47 bits per heavy atom. The van der Waals surface area contributed by atoms with E-state index in [-0.39, 0.29) is 6.42 Å². The van der Waals surface area contributed by atoms with Gasteiger partial charge in [0.1, 0.15) is 6.10 Å². The topological polar surface area (TPSA) is 58.6 Å². The molecule has 4 nitrogen and oxygen atoms in total. The molecule has 0 rings (SSSR count). The van der Waals surface area contributed by atoms with Crippen LogP contribution in [0.1, 0.15) is 20.3 Å². The molecular weight excluding hydrogens is 208 g/mol. The number of methoxy groups -OCH3 is 1. The van der Waals surface area contributed by atoms with Crippen molar-refractivity contribution in [1.82, 2.24) is 5.32 Å². The number of hydrogen-bond acceptors (Lipinski definition) is 3. The van der Waals surface area contributed by atoms with Gasteiger partial charge in [0, 0.05) is 13.7 Å². The molecule has 0 aliphatic carbocycles. The van der Waals surface area contributed by atoms with Gasteiger partial charge in [-0.25, -0.2) is 8.78 Å². The molecule has 90 valence electrons. The Labute approximate surface area is 87.6 Å². The summed E-state index contributed by atoms with van der Waals surface area (Å²) in [5.41, 5.74) is -0.639. The van der Waals surface area contributed by atoms with Crippen LogP contribution in [-0.4, -0.2) is 42.8 Å². The average molecular weight is 225 g/mol. The molecule has 0 bridgehead atoms. The van der Waals surface area contributed by atoms with Crippen molar-refractivity contribution >= 4 is 5.91 Å². The second kappa shape index (κ2) is 5.97. The zero-order valence-corrected chi connectivity index (χ0v) is 9.09. The molecule has 0 aliphatic heterocycles. The third-order valence-electron chi connectivity index (χ3n) is 1.94. The lowest BCUT2D eigenvalue weighted by Gasteiger charge is -2.22. The van der Waals surface area contributed by atoms with Gasteiger partial charge in [-0.2, -0.15) is 0 Å². The van der Waals surface area contributed by atoms with Crippen molar-refractivity contribution < 1.29 is 23.4 Å². The van der Waals surface area contributed by atoms with Gasteiger partial charge < -0.3 is 15.2 Å². The Hall–Kier alpha value is -0.750. The fourth-order valence-corrected chi connectivity index (χ4v) is 0.829. The summed E-state index contributed by atoms with van der Waals surface area (Å²) in [6.07, 6.45) is -4.61. The summed E-state index contributed by atoms with van der Waals surface area (Å²) in [5, 5.41) is 10.9. The maximum Gasteiger partial charge on any atom is 0.265 e. The Morgan fingerprint density at radius 1 is 1.53 bits per heavy atom. The molecule has 0 saturated heterocycles. The maximum atomic E-state index is 11.9. The predicted octanol–water partition coefficient (Wildman–Crippen LogP) is 0.544. The molecule has 0 heterocycles. The van der Waals surface area contributed by atoms with Gasteiger partial charge in [0.2, 0.25) is 5.91 Å². The maximum absolute atomic E-state index is 11.9. The van der Waals surface area contributed by atoms with Crippen LogP contribution in [0.5, 0.6) is 0 Å². The highest BCUT2D eigenvalue weighted by Gasteiger charge is 2.22. The SMILES string of the molecule is COC(C)(C)CC(=O)NCC(O)C(F)F. The fraction of sp³-hybridized carbons (Fsp3) is 0.889. The van der Waals surface area contributed by atoms with Crippen molar-refractivity contribution in [2.75, 3.05) is 13.7 Å². The standard InChI is InChI=1S/C9H17F2NO3/c1-9(2,15-3)4-7(14)12-5-6(13)8(10)11/h6,8,13H,4-5H2,1-3H3,(H,12,14). The number of aliphatic hydroxyl groups excluding tert-OH is 1. The van der Waals surface area contributed by atoms with Crippen LogP contribution in [0.25, 0.3) is 0 Å². The Bertz CT molecular complexity index is 210. The van der Waals surface area contributed by atoms with Crippen LogP contribution in [0.15, 0.2) is 0 Å². The molecule has 6 heteroatoms. The second-order valence-corrected chi connectivity index (χ2v) is 3.85. The number of rotatable bonds is 6. The number of alkyl halides is 2. The van der Waals surface area contributed by atoms with Gasteiger partial charge in [0.25, 0.3) is 6.43 Å². The monoisotopic (exact) mass is 225 g/mol. The number of ether oxygens (including phenoxy) is 1. The summed E-state index contributed by atoms with van der Waals surface area (Å²) in [6, 6.07) is 0. The van der Waals surface area contributed by atoms with E-state index < -0.39 is 30.6 Å². The van der Waals surface area contributed by atoms with Gasteiger partial charge in [-0.1, -0.05) is 0 Å². The second-order valence-electron chi connectivity index (χ2n) is 3.85. The van der Waals surface area contributed by atoms with Crippen LogP contribution in [0.4, 0.5) is 8.78 Å². The minimum absolute atomic E-state index is 0.0550. The largest absolute Gasteiger partial charge is 0.385 e. The smallest absolute Gasteiger partial charge is 0.265 e. The molecule has 1 atom stereocenters. The molecule has 0 aromatic heterocycles. The quantitative estimate of drug-likeness (QED) is 0.693. The number of amides is 1. The van der Waals surface area contributed by atoms with Crippen LogP contribution < -0.4 is 5.32 Å². The van der Waals surface area contributed by atoms with E-state index in [9.17, 15) is 13.6 Å². The molecule has 1 amide bonds. The highest BCUT2D eigenvalue weighted by atomic mass is 19.3. The first-order valence-electron chi connectivity index (χ1n) is 4.56. The van der Waals surface area contributed by atoms with Crippen molar-refractivity contribution in [1.29, 1.82) is 0 Å². The molecule has 0 fully saturated rings. The van der Waals surface area contributed by atoms with E-state index in [0.717, 1.165) is 0 Å². The molecular formula is C9H17F2NO3. The summed E-state index contributed by atoms with van der Waals surface area (Å²) >= 11 is 0. The molecule has 1 unspecified atom stereocenters. The zero-order chi connectivity index (χ0) is 12.1. The fourth-order valence-electron chi connectivity index (χ4n) is 0.829. The lowest BCUT2D eigenvalue weighted by molar-refractivity contribution is -0.127. The lowest BCUT2D eigenvalue weighted by Crippen LogP contribution is -2.39. The van der Waals surface area contributed by atoms with E-state index in [1.165, 1.54) is 7.11 Å². The Balaban J connectivity index is 3.86. The van der Waals surface area contributed by atoms with Gasteiger partial charge in [0.15, 0.2) is 0 Å². The van der Waals surface area contributed by atoms with Gasteiger partial charge in [-0.05, 0) is 13.8 Å². The third-order valence-corrected chi connectivity index (χ3v) is 1.94. The first kappa shape index (κ1) is 14.2. The average Bonchev–Trinajstić information content (AvgIpc) is 2.13. The van der Waals surface area contributed by atoms with Crippen LogP contribution in [0.3, 0.4) is 0 Å². The lowest BCUT2D eigenvalue weighted by atomic mass is 10.1. The van der Waals surface area contributed by atoms with E-state index >= 15 is 0 Å². The summed E-state index contributed by atoms with van der Waals surface area (Å²) in [4.78, 5) is 11.2. The highest BCUT2D eigenvalue weighted by Crippen LogP contribution is 2.12. The van der Waals surface area contributed by atoms with Gasteiger partial charge >= 0.3 is 0 Å².